The number of likely N-dealkylation sites (tertiary alicyclic amines) is 1. The second-order valence-electron chi connectivity index (χ2n) is 6.85. The van der Waals surface area contributed by atoms with Crippen LogP contribution < -0.4 is 5.32 Å². The fourth-order valence-electron chi connectivity index (χ4n) is 3.65. The van der Waals surface area contributed by atoms with Crippen LogP contribution in [0.2, 0.25) is 0 Å². The normalized spacial score (nSPS) is 23.5. The summed E-state index contributed by atoms with van der Waals surface area (Å²) in [6.07, 6.45) is 3.94. The van der Waals surface area contributed by atoms with Crippen molar-refractivity contribution in [1.29, 1.82) is 0 Å². The Labute approximate surface area is 143 Å². The molecule has 0 aliphatic carbocycles. The third-order valence-electron chi connectivity index (χ3n) is 5.10. The highest BCUT2D eigenvalue weighted by atomic mass is 16.5. The number of carbonyl (C=O) groups is 2. The molecule has 5 heteroatoms. The van der Waals surface area contributed by atoms with E-state index in [1.54, 1.807) is 0 Å². The lowest BCUT2D eigenvalue weighted by atomic mass is 9.79. The monoisotopic (exact) mass is 330 g/mol. The number of piperidine rings is 1. The second-order valence-corrected chi connectivity index (χ2v) is 6.85. The van der Waals surface area contributed by atoms with Crippen molar-refractivity contribution < 1.29 is 14.3 Å². The van der Waals surface area contributed by atoms with Gasteiger partial charge in [-0.3, -0.25) is 9.59 Å². The fourth-order valence-corrected chi connectivity index (χ4v) is 3.65. The molecule has 2 saturated heterocycles. The minimum absolute atomic E-state index is 0.134. The van der Waals surface area contributed by atoms with Crippen LogP contribution in [-0.2, 0) is 20.9 Å². The lowest BCUT2D eigenvalue weighted by Crippen LogP contribution is -2.47. The molecule has 24 heavy (non-hydrogen) atoms. The summed E-state index contributed by atoms with van der Waals surface area (Å²) in [6.45, 7) is 3.23. The molecular formula is C19H26N2O3. The number of carbonyl (C=O) groups excluding carboxylic acids is 2. The number of hydrogen-bond donors (Lipinski definition) is 1. The van der Waals surface area contributed by atoms with E-state index in [9.17, 15) is 9.59 Å². The molecule has 0 aromatic heterocycles. The van der Waals surface area contributed by atoms with Gasteiger partial charge in [-0.25, -0.2) is 0 Å². The maximum atomic E-state index is 12.3. The number of nitrogens with zero attached hydrogens (tertiary/aromatic N) is 1. The molecule has 2 fully saturated rings. The molecule has 0 bridgehead atoms. The van der Waals surface area contributed by atoms with Crippen molar-refractivity contribution in [1.82, 2.24) is 10.2 Å². The summed E-state index contributed by atoms with van der Waals surface area (Å²) in [6, 6.07) is 10.0. The van der Waals surface area contributed by atoms with Gasteiger partial charge in [-0.05, 0) is 31.2 Å². The standard InChI is InChI=1S/C19H26N2O3/c22-17(8-4-13-24-14-16-6-2-1-3-7-16)21-12-10-19(15-21)9-5-11-20-18(19)23/h1-3,6-7H,4-5,8-15H2,(H,20,23)/t19-/m1/s1. The summed E-state index contributed by atoms with van der Waals surface area (Å²) >= 11 is 0. The van der Waals surface area contributed by atoms with E-state index in [0.717, 1.165) is 37.8 Å². The topological polar surface area (TPSA) is 58.6 Å². The van der Waals surface area contributed by atoms with Crippen molar-refractivity contribution in [3.8, 4) is 0 Å². The molecular weight excluding hydrogens is 304 g/mol. The number of nitrogens with one attached hydrogen (secondary N) is 1. The van der Waals surface area contributed by atoms with Crippen molar-refractivity contribution in [2.24, 2.45) is 5.41 Å². The third kappa shape index (κ3) is 3.96. The maximum Gasteiger partial charge on any atom is 0.228 e. The van der Waals surface area contributed by atoms with Crippen molar-refractivity contribution in [2.75, 3.05) is 26.2 Å². The number of benzene rings is 1. The van der Waals surface area contributed by atoms with E-state index >= 15 is 0 Å². The SMILES string of the molecule is O=C(CCCOCc1ccccc1)N1CC[C@]2(CCCNC2=O)C1. The molecule has 1 spiro atoms. The van der Waals surface area contributed by atoms with E-state index in [2.05, 4.69) is 5.32 Å². The fraction of sp³-hybridized carbons (Fsp3) is 0.579. The highest BCUT2D eigenvalue weighted by Gasteiger charge is 2.46. The highest BCUT2D eigenvalue weighted by molar-refractivity contribution is 5.85. The predicted molar refractivity (Wildman–Crippen MR) is 91.2 cm³/mol. The molecule has 2 aliphatic rings. The molecule has 130 valence electrons. The third-order valence-corrected chi connectivity index (χ3v) is 5.10. The average Bonchev–Trinajstić information content (AvgIpc) is 3.03. The first-order valence-corrected chi connectivity index (χ1v) is 8.87. The summed E-state index contributed by atoms with van der Waals surface area (Å²) in [5.74, 6) is 0.281. The quantitative estimate of drug-likeness (QED) is 0.813. The van der Waals surface area contributed by atoms with E-state index < -0.39 is 0 Å². The van der Waals surface area contributed by atoms with Gasteiger partial charge in [0.15, 0.2) is 0 Å². The van der Waals surface area contributed by atoms with Gasteiger partial charge in [0.1, 0.15) is 0 Å². The Kier molecular flexibility index (Phi) is 5.51. The van der Waals surface area contributed by atoms with Crippen LogP contribution in [0.5, 0.6) is 0 Å². The van der Waals surface area contributed by atoms with Crippen LogP contribution in [0.1, 0.15) is 37.7 Å². The van der Waals surface area contributed by atoms with Gasteiger partial charge in [0.25, 0.3) is 0 Å². The Morgan fingerprint density at radius 2 is 2.08 bits per heavy atom. The minimum atomic E-state index is -0.322. The molecule has 5 nitrogen and oxygen atoms in total. The van der Waals surface area contributed by atoms with Crippen LogP contribution in [0.15, 0.2) is 30.3 Å². The first-order chi connectivity index (χ1) is 11.7. The average molecular weight is 330 g/mol. The first kappa shape index (κ1) is 17.0. The number of hydrogen-bond acceptors (Lipinski definition) is 3. The van der Waals surface area contributed by atoms with Crippen molar-refractivity contribution in [3.05, 3.63) is 35.9 Å². The summed E-state index contributed by atoms with van der Waals surface area (Å²) in [5.41, 5.74) is 0.825. The Morgan fingerprint density at radius 3 is 2.88 bits per heavy atom. The van der Waals surface area contributed by atoms with Gasteiger partial charge >= 0.3 is 0 Å². The van der Waals surface area contributed by atoms with E-state index in [1.807, 2.05) is 35.2 Å². The molecule has 1 aromatic carbocycles. The zero-order valence-corrected chi connectivity index (χ0v) is 14.1. The number of ether oxygens (including phenoxy) is 1. The van der Waals surface area contributed by atoms with E-state index in [-0.39, 0.29) is 17.2 Å². The van der Waals surface area contributed by atoms with Gasteiger partial charge in [0.05, 0.1) is 12.0 Å². The summed E-state index contributed by atoms with van der Waals surface area (Å²) in [7, 11) is 0. The Balaban J connectivity index is 1.36. The molecule has 0 saturated carbocycles. The number of amides is 2. The van der Waals surface area contributed by atoms with Crippen LogP contribution >= 0.6 is 0 Å². The van der Waals surface area contributed by atoms with Gasteiger partial charge in [0, 0.05) is 32.7 Å². The molecule has 1 aromatic rings. The maximum absolute atomic E-state index is 12.3. The number of rotatable bonds is 6. The van der Waals surface area contributed by atoms with Gasteiger partial charge in [-0.2, -0.15) is 0 Å². The van der Waals surface area contributed by atoms with Crippen molar-refractivity contribution >= 4 is 11.8 Å². The largest absolute Gasteiger partial charge is 0.377 e. The predicted octanol–water partition coefficient (Wildman–Crippen LogP) is 2.11. The highest BCUT2D eigenvalue weighted by Crippen LogP contribution is 2.37. The van der Waals surface area contributed by atoms with E-state index in [0.29, 0.717) is 32.7 Å². The van der Waals surface area contributed by atoms with Gasteiger partial charge in [-0.15, -0.1) is 0 Å². The zero-order chi connectivity index (χ0) is 16.8. The van der Waals surface area contributed by atoms with E-state index in [4.69, 9.17) is 4.74 Å². The van der Waals surface area contributed by atoms with E-state index in [1.165, 1.54) is 0 Å². The molecule has 1 N–H and O–H groups in total. The summed E-state index contributed by atoms with van der Waals surface area (Å²) in [5, 5.41) is 2.95. The molecule has 2 heterocycles. The van der Waals surface area contributed by atoms with Crippen molar-refractivity contribution in [3.63, 3.8) is 0 Å². The summed E-state index contributed by atoms with van der Waals surface area (Å²) in [4.78, 5) is 26.4. The molecule has 0 unspecified atom stereocenters. The molecule has 2 amide bonds. The Morgan fingerprint density at radius 1 is 1.25 bits per heavy atom. The minimum Gasteiger partial charge on any atom is -0.377 e. The Bertz CT molecular complexity index is 575. The van der Waals surface area contributed by atoms with Crippen LogP contribution in [0.4, 0.5) is 0 Å². The van der Waals surface area contributed by atoms with Gasteiger partial charge in [-0.1, -0.05) is 30.3 Å². The molecule has 3 rings (SSSR count). The molecule has 0 radical (unpaired) electrons. The van der Waals surface area contributed by atoms with Crippen LogP contribution in [0.3, 0.4) is 0 Å². The van der Waals surface area contributed by atoms with Gasteiger partial charge in [0.2, 0.25) is 11.8 Å². The molecule has 1 atom stereocenters. The van der Waals surface area contributed by atoms with Crippen LogP contribution in [0, 0.1) is 5.41 Å². The Hall–Kier alpha value is -1.88. The summed E-state index contributed by atoms with van der Waals surface area (Å²) < 4.78 is 5.62. The van der Waals surface area contributed by atoms with Gasteiger partial charge < -0.3 is 15.0 Å². The van der Waals surface area contributed by atoms with Crippen LogP contribution in [-0.4, -0.2) is 43.0 Å². The van der Waals surface area contributed by atoms with Crippen LogP contribution in [0.25, 0.3) is 0 Å². The lowest BCUT2D eigenvalue weighted by molar-refractivity contribution is -0.135. The zero-order valence-electron chi connectivity index (χ0n) is 14.1. The first-order valence-electron chi connectivity index (χ1n) is 8.87. The molecule has 2 aliphatic heterocycles. The van der Waals surface area contributed by atoms with Crippen molar-refractivity contribution in [2.45, 2.75) is 38.7 Å². The lowest BCUT2D eigenvalue weighted by Gasteiger charge is -2.32. The second kappa shape index (κ2) is 7.79. The smallest absolute Gasteiger partial charge is 0.228 e.